The summed E-state index contributed by atoms with van der Waals surface area (Å²) in [5.74, 6) is 0.413. The lowest BCUT2D eigenvalue weighted by Crippen LogP contribution is -2.50. The average Bonchev–Trinajstić information content (AvgIpc) is 3.15. The lowest BCUT2D eigenvalue weighted by atomic mass is 10.0. The number of benzene rings is 1. The van der Waals surface area contributed by atoms with Gasteiger partial charge in [0.25, 0.3) is 5.91 Å². The maximum atomic E-state index is 12.9. The summed E-state index contributed by atoms with van der Waals surface area (Å²) in [6, 6.07) is 11.1. The fraction of sp³-hybridized carbons (Fsp3) is 0.421. The Balaban J connectivity index is 1.70. The number of aromatic nitrogens is 2. The molecule has 25 heavy (non-hydrogen) atoms. The summed E-state index contributed by atoms with van der Waals surface area (Å²) in [4.78, 5) is 14.8. The minimum absolute atomic E-state index is 0.0374. The third-order valence-corrected chi connectivity index (χ3v) is 4.53. The van der Waals surface area contributed by atoms with Crippen LogP contribution in [0.2, 0.25) is 0 Å². The molecule has 130 valence electrons. The van der Waals surface area contributed by atoms with Crippen LogP contribution in [0.25, 0.3) is 0 Å². The summed E-state index contributed by atoms with van der Waals surface area (Å²) in [6.07, 6.45) is 6.12. The number of nitriles is 1. The first-order valence-electron chi connectivity index (χ1n) is 8.62. The molecule has 1 aliphatic rings. The normalized spacial score (nSPS) is 18.4. The maximum absolute atomic E-state index is 12.9. The molecule has 0 aliphatic carbocycles. The first-order chi connectivity index (χ1) is 12.2. The van der Waals surface area contributed by atoms with Gasteiger partial charge in [0.2, 0.25) is 0 Å². The molecule has 1 amide bonds. The molecule has 0 unspecified atom stereocenters. The van der Waals surface area contributed by atoms with Crippen molar-refractivity contribution in [1.82, 2.24) is 14.7 Å². The first kappa shape index (κ1) is 17.0. The van der Waals surface area contributed by atoms with Crippen molar-refractivity contribution >= 4 is 5.91 Å². The molecular weight excluding hydrogens is 316 g/mol. The average molecular weight is 338 g/mol. The zero-order valence-corrected chi connectivity index (χ0v) is 14.3. The molecule has 0 saturated carbocycles. The molecule has 1 fully saturated rings. The predicted octanol–water partition coefficient (Wildman–Crippen LogP) is 2.60. The maximum Gasteiger partial charge on any atom is 0.263 e. The monoisotopic (exact) mass is 338 g/mol. The van der Waals surface area contributed by atoms with Crippen molar-refractivity contribution in [3.63, 3.8) is 0 Å². The minimum Gasteiger partial charge on any atom is -0.480 e. The Morgan fingerprint density at radius 3 is 3.00 bits per heavy atom. The van der Waals surface area contributed by atoms with E-state index in [1.807, 2.05) is 21.8 Å². The second-order valence-electron chi connectivity index (χ2n) is 6.28. The van der Waals surface area contributed by atoms with E-state index in [4.69, 9.17) is 10.00 Å². The standard InChI is InChI=1S/C19H22N4O2/c1-15(25-18-9-3-2-7-16(18)13-20)19(24)23-12-5-4-8-17(23)14-22-11-6-10-21-22/h2-3,6-7,9-11,15,17H,4-5,8,12,14H2,1H3/t15-,17-/m0/s1. The molecule has 0 radical (unpaired) electrons. The molecule has 0 bridgehead atoms. The van der Waals surface area contributed by atoms with Gasteiger partial charge in [0.1, 0.15) is 11.8 Å². The Labute approximate surface area is 147 Å². The molecule has 1 aliphatic heterocycles. The summed E-state index contributed by atoms with van der Waals surface area (Å²) in [6.45, 7) is 3.18. The van der Waals surface area contributed by atoms with Crippen LogP contribution in [-0.4, -0.2) is 39.3 Å². The van der Waals surface area contributed by atoms with Crippen molar-refractivity contribution in [3.8, 4) is 11.8 Å². The van der Waals surface area contributed by atoms with Gasteiger partial charge in [-0.1, -0.05) is 12.1 Å². The summed E-state index contributed by atoms with van der Waals surface area (Å²) < 4.78 is 7.67. The summed E-state index contributed by atoms with van der Waals surface area (Å²) in [5, 5.41) is 13.4. The van der Waals surface area contributed by atoms with Crippen LogP contribution in [0.1, 0.15) is 31.7 Å². The number of likely N-dealkylation sites (tertiary alicyclic amines) is 1. The lowest BCUT2D eigenvalue weighted by Gasteiger charge is -2.37. The third kappa shape index (κ3) is 4.00. The molecule has 6 nitrogen and oxygen atoms in total. The van der Waals surface area contributed by atoms with Crippen molar-refractivity contribution < 1.29 is 9.53 Å². The Hall–Kier alpha value is -2.81. The van der Waals surface area contributed by atoms with E-state index in [0.717, 1.165) is 25.8 Å². The third-order valence-electron chi connectivity index (χ3n) is 4.53. The number of piperidine rings is 1. The summed E-state index contributed by atoms with van der Waals surface area (Å²) in [7, 11) is 0. The van der Waals surface area contributed by atoms with Gasteiger partial charge in [-0.15, -0.1) is 0 Å². The fourth-order valence-electron chi connectivity index (χ4n) is 3.24. The highest BCUT2D eigenvalue weighted by atomic mass is 16.5. The number of rotatable bonds is 5. The highest BCUT2D eigenvalue weighted by molar-refractivity contribution is 5.81. The van der Waals surface area contributed by atoms with Crippen LogP contribution in [0.3, 0.4) is 0 Å². The molecule has 3 rings (SSSR count). The van der Waals surface area contributed by atoms with E-state index >= 15 is 0 Å². The van der Waals surface area contributed by atoms with E-state index in [1.165, 1.54) is 0 Å². The van der Waals surface area contributed by atoms with E-state index in [9.17, 15) is 4.79 Å². The Bertz CT molecular complexity index is 751. The zero-order chi connectivity index (χ0) is 17.6. The molecule has 0 spiro atoms. The number of carbonyl (C=O) groups is 1. The molecule has 0 N–H and O–H groups in total. The molecule has 6 heteroatoms. The van der Waals surface area contributed by atoms with Crippen LogP contribution in [0.4, 0.5) is 0 Å². The molecule has 2 atom stereocenters. The smallest absolute Gasteiger partial charge is 0.263 e. The van der Waals surface area contributed by atoms with Crippen molar-refractivity contribution in [2.24, 2.45) is 0 Å². The van der Waals surface area contributed by atoms with Gasteiger partial charge in [-0.25, -0.2) is 0 Å². The second-order valence-corrected chi connectivity index (χ2v) is 6.28. The van der Waals surface area contributed by atoms with Crippen LogP contribution in [0, 0.1) is 11.3 Å². The number of amides is 1. The van der Waals surface area contributed by atoms with Crippen molar-refractivity contribution in [1.29, 1.82) is 5.26 Å². The van der Waals surface area contributed by atoms with Gasteiger partial charge in [-0.3, -0.25) is 9.48 Å². The van der Waals surface area contributed by atoms with Crippen LogP contribution >= 0.6 is 0 Å². The van der Waals surface area contributed by atoms with Crippen LogP contribution in [0.5, 0.6) is 5.75 Å². The number of para-hydroxylation sites is 1. The summed E-state index contributed by atoms with van der Waals surface area (Å²) >= 11 is 0. The van der Waals surface area contributed by atoms with Gasteiger partial charge in [0.05, 0.1) is 18.2 Å². The molecule has 1 saturated heterocycles. The van der Waals surface area contributed by atoms with Gasteiger partial charge < -0.3 is 9.64 Å². The number of carbonyl (C=O) groups excluding carboxylic acids is 1. The number of nitrogens with zero attached hydrogens (tertiary/aromatic N) is 4. The van der Waals surface area contributed by atoms with Crippen molar-refractivity contribution in [2.45, 2.75) is 44.9 Å². The number of hydrogen-bond acceptors (Lipinski definition) is 4. The van der Waals surface area contributed by atoms with Gasteiger partial charge in [-0.05, 0) is 44.4 Å². The Morgan fingerprint density at radius 2 is 2.24 bits per heavy atom. The number of ether oxygens (including phenoxy) is 1. The quantitative estimate of drug-likeness (QED) is 0.840. The van der Waals surface area contributed by atoms with Crippen molar-refractivity contribution in [3.05, 3.63) is 48.3 Å². The Kier molecular flexibility index (Phi) is 5.34. The topological polar surface area (TPSA) is 71.2 Å². The van der Waals surface area contributed by atoms with E-state index in [-0.39, 0.29) is 11.9 Å². The highest BCUT2D eigenvalue weighted by Gasteiger charge is 2.31. The molecule has 1 aromatic heterocycles. The van der Waals surface area contributed by atoms with E-state index in [0.29, 0.717) is 17.9 Å². The SMILES string of the molecule is C[C@H](Oc1ccccc1C#N)C(=O)N1CCCC[C@H]1Cn1cccn1. The van der Waals surface area contributed by atoms with Crippen LogP contribution in [0.15, 0.2) is 42.7 Å². The molecular formula is C19H22N4O2. The van der Waals surface area contributed by atoms with E-state index < -0.39 is 6.10 Å². The van der Waals surface area contributed by atoms with Gasteiger partial charge in [0.15, 0.2) is 6.10 Å². The van der Waals surface area contributed by atoms with E-state index in [1.54, 1.807) is 37.4 Å². The van der Waals surface area contributed by atoms with Gasteiger partial charge >= 0.3 is 0 Å². The predicted molar refractivity (Wildman–Crippen MR) is 92.8 cm³/mol. The van der Waals surface area contributed by atoms with Crippen LogP contribution in [-0.2, 0) is 11.3 Å². The second kappa shape index (κ2) is 7.84. The number of hydrogen-bond donors (Lipinski definition) is 0. The highest BCUT2D eigenvalue weighted by Crippen LogP contribution is 2.22. The van der Waals surface area contributed by atoms with Crippen LogP contribution < -0.4 is 4.74 Å². The minimum atomic E-state index is -0.632. The summed E-state index contributed by atoms with van der Waals surface area (Å²) in [5.41, 5.74) is 0.439. The van der Waals surface area contributed by atoms with Gasteiger partial charge in [0, 0.05) is 18.9 Å². The molecule has 2 heterocycles. The first-order valence-corrected chi connectivity index (χ1v) is 8.62. The fourth-order valence-corrected chi connectivity index (χ4v) is 3.24. The van der Waals surface area contributed by atoms with Crippen molar-refractivity contribution in [2.75, 3.05) is 6.54 Å². The molecule has 2 aromatic rings. The Morgan fingerprint density at radius 1 is 1.40 bits per heavy atom. The molecule has 1 aromatic carbocycles. The van der Waals surface area contributed by atoms with E-state index in [2.05, 4.69) is 11.2 Å². The lowest BCUT2D eigenvalue weighted by molar-refractivity contribution is -0.142. The van der Waals surface area contributed by atoms with Gasteiger partial charge in [-0.2, -0.15) is 10.4 Å². The zero-order valence-electron chi connectivity index (χ0n) is 14.3. The largest absolute Gasteiger partial charge is 0.480 e.